The van der Waals surface area contributed by atoms with Crippen LogP contribution in [0.4, 0.5) is 0 Å². The van der Waals surface area contributed by atoms with Crippen molar-refractivity contribution < 1.29 is 5.02 Å². The lowest BCUT2D eigenvalue weighted by Gasteiger charge is -1.98. The molecular formula is C7H7BClNO. The molecule has 0 aliphatic rings. The summed E-state index contributed by atoms with van der Waals surface area (Å²) in [5.41, 5.74) is 0.685. The molecule has 0 atom stereocenters. The van der Waals surface area contributed by atoms with Crippen molar-refractivity contribution in [1.29, 1.82) is 5.41 Å². The smallest absolute Gasteiger partial charge is 0.369 e. The van der Waals surface area contributed by atoms with Gasteiger partial charge in [-0.3, -0.25) is 0 Å². The maximum Gasteiger partial charge on any atom is 0.369 e. The van der Waals surface area contributed by atoms with Crippen LogP contribution in [0.3, 0.4) is 0 Å². The van der Waals surface area contributed by atoms with Crippen LogP contribution in [0.2, 0.25) is 5.02 Å². The highest BCUT2D eigenvalue weighted by Gasteiger charge is 2.08. The Morgan fingerprint density at radius 2 is 1.91 bits per heavy atom. The Balaban J connectivity index is 2.89. The molecule has 0 unspecified atom stereocenters. The van der Waals surface area contributed by atoms with Crippen LogP contribution in [-0.4, -0.2) is 18.1 Å². The van der Waals surface area contributed by atoms with Crippen LogP contribution >= 0.6 is 11.6 Å². The van der Waals surface area contributed by atoms with E-state index in [0.717, 1.165) is 6.11 Å². The second kappa shape index (κ2) is 3.55. The number of hydrogen-bond acceptors (Lipinski definition) is 2. The molecule has 1 rings (SSSR count). The van der Waals surface area contributed by atoms with Crippen molar-refractivity contribution in [2.24, 2.45) is 0 Å². The second-order valence-corrected chi connectivity index (χ2v) is 2.60. The summed E-state index contributed by atoms with van der Waals surface area (Å²) in [4.78, 5) is 0. The van der Waals surface area contributed by atoms with Gasteiger partial charge in [0.2, 0.25) is 0 Å². The van der Waals surface area contributed by atoms with Crippen LogP contribution in [0.15, 0.2) is 24.3 Å². The van der Waals surface area contributed by atoms with E-state index in [0.29, 0.717) is 10.5 Å². The van der Waals surface area contributed by atoms with Gasteiger partial charge in [-0.2, -0.15) is 0 Å². The fourth-order valence-electron chi connectivity index (χ4n) is 0.756. The Kier molecular flexibility index (Phi) is 2.68. The van der Waals surface area contributed by atoms with Gasteiger partial charge in [-0.05, 0) is 23.7 Å². The molecule has 1 aromatic carbocycles. The summed E-state index contributed by atoms with van der Waals surface area (Å²) in [7, 11) is 0. The summed E-state index contributed by atoms with van der Waals surface area (Å²) in [6.45, 7) is -0.813. The van der Waals surface area contributed by atoms with Gasteiger partial charge in [0.05, 0.1) is 0 Å². The zero-order chi connectivity index (χ0) is 8.27. The summed E-state index contributed by atoms with van der Waals surface area (Å²) in [6, 6.07) is 6.75. The predicted octanol–water partition coefficient (Wildman–Crippen LogP) is 0.720. The average Bonchev–Trinajstić information content (AvgIpc) is 2.05. The average molecular weight is 167 g/mol. The lowest BCUT2D eigenvalue weighted by molar-refractivity contribution is 0.604. The summed E-state index contributed by atoms with van der Waals surface area (Å²) in [5, 5.41) is 16.6. The van der Waals surface area contributed by atoms with E-state index in [2.05, 4.69) is 0 Å². The first-order valence-corrected chi connectivity index (χ1v) is 3.56. The summed E-state index contributed by atoms with van der Waals surface area (Å²) < 4.78 is 0. The number of halogens is 1. The third kappa shape index (κ3) is 2.07. The van der Waals surface area contributed by atoms with Gasteiger partial charge in [-0.1, -0.05) is 23.7 Å². The molecule has 4 heteroatoms. The van der Waals surface area contributed by atoms with Gasteiger partial charge >= 0.3 is 6.92 Å². The van der Waals surface area contributed by atoms with Crippen LogP contribution in [0.5, 0.6) is 0 Å². The van der Waals surface area contributed by atoms with Gasteiger partial charge in [-0.15, -0.1) is 0 Å². The van der Waals surface area contributed by atoms with Gasteiger partial charge in [0.25, 0.3) is 0 Å². The van der Waals surface area contributed by atoms with Gasteiger partial charge in [0.15, 0.2) is 0 Å². The van der Waals surface area contributed by atoms with E-state index in [-0.39, 0.29) is 0 Å². The Morgan fingerprint density at radius 1 is 1.36 bits per heavy atom. The first-order chi connectivity index (χ1) is 5.24. The molecule has 0 saturated carbocycles. The molecule has 0 amide bonds. The van der Waals surface area contributed by atoms with Gasteiger partial charge in [-0.25, -0.2) is 0 Å². The fourth-order valence-corrected chi connectivity index (χ4v) is 0.882. The molecule has 0 radical (unpaired) electrons. The summed E-state index contributed by atoms with van der Waals surface area (Å²) in [6.07, 6.45) is 0.975. The summed E-state index contributed by atoms with van der Waals surface area (Å²) >= 11 is 5.62. The molecule has 0 aromatic heterocycles. The Hall–Kier alpha value is -0.795. The minimum absolute atomic E-state index is 0.630. The molecule has 0 spiro atoms. The second-order valence-electron chi connectivity index (χ2n) is 2.16. The zero-order valence-electron chi connectivity index (χ0n) is 5.79. The molecule has 0 saturated heterocycles. The molecular weight excluding hydrogens is 160 g/mol. The third-order valence-corrected chi connectivity index (χ3v) is 1.62. The lowest BCUT2D eigenvalue weighted by atomic mass is 9.63. The van der Waals surface area contributed by atoms with Crippen LogP contribution < -0.4 is 5.46 Å². The molecule has 2 N–H and O–H groups in total. The van der Waals surface area contributed by atoms with E-state index in [1.165, 1.54) is 0 Å². The minimum Gasteiger partial charge on any atom is -0.442 e. The van der Waals surface area contributed by atoms with Crippen molar-refractivity contribution in [3.63, 3.8) is 0 Å². The van der Waals surface area contributed by atoms with Gasteiger partial charge in [0, 0.05) is 5.02 Å². The van der Waals surface area contributed by atoms with Crippen molar-refractivity contribution in [3.8, 4) is 0 Å². The molecule has 56 valence electrons. The lowest BCUT2D eigenvalue weighted by Crippen LogP contribution is -2.31. The normalized spacial score (nSPS) is 9.27. The van der Waals surface area contributed by atoms with Crippen molar-refractivity contribution >= 4 is 30.1 Å². The molecule has 0 bridgehead atoms. The Labute approximate surface area is 70.4 Å². The topological polar surface area (TPSA) is 44.1 Å². The standard InChI is InChI=1S/C7H7BClNO/c9-7-3-1-6(2-4-7)8(11)5-10/h1-5,10-11H. The van der Waals surface area contributed by atoms with E-state index in [1.807, 2.05) is 0 Å². The van der Waals surface area contributed by atoms with E-state index < -0.39 is 6.92 Å². The number of benzene rings is 1. The molecule has 0 aliphatic heterocycles. The SMILES string of the molecule is N=CB(O)c1ccc(Cl)cc1. The number of rotatable bonds is 2. The van der Waals surface area contributed by atoms with Crippen molar-refractivity contribution in [3.05, 3.63) is 29.3 Å². The van der Waals surface area contributed by atoms with E-state index >= 15 is 0 Å². The first-order valence-electron chi connectivity index (χ1n) is 3.18. The van der Waals surface area contributed by atoms with Crippen molar-refractivity contribution in [1.82, 2.24) is 0 Å². The van der Waals surface area contributed by atoms with Crippen molar-refractivity contribution in [2.45, 2.75) is 0 Å². The molecule has 11 heavy (non-hydrogen) atoms. The zero-order valence-corrected chi connectivity index (χ0v) is 6.55. The number of nitrogens with one attached hydrogen (secondary N) is 1. The molecule has 2 nitrogen and oxygen atoms in total. The highest BCUT2D eigenvalue weighted by Crippen LogP contribution is 2.03. The van der Waals surface area contributed by atoms with Crippen molar-refractivity contribution in [2.75, 3.05) is 0 Å². The maximum absolute atomic E-state index is 9.13. The van der Waals surface area contributed by atoms with E-state index in [1.54, 1.807) is 24.3 Å². The highest BCUT2D eigenvalue weighted by molar-refractivity contribution is 6.89. The summed E-state index contributed by atoms with van der Waals surface area (Å²) in [5.74, 6) is 0. The molecule has 0 fully saturated rings. The van der Waals surface area contributed by atoms with Gasteiger partial charge in [0.1, 0.15) is 0 Å². The Morgan fingerprint density at radius 3 is 2.36 bits per heavy atom. The first kappa shape index (κ1) is 8.30. The molecule has 0 aliphatic carbocycles. The van der Waals surface area contributed by atoms with Crippen LogP contribution in [-0.2, 0) is 0 Å². The van der Waals surface area contributed by atoms with E-state index in [9.17, 15) is 0 Å². The highest BCUT2D eigenvalue weighted by atomic mass is 35.5. The maximum atomic E-state index is 9.13. The van der Waals surface area contributed by atoms with Crippen LogP contribution in [0.1, 0.15) is 0 Å². The van der Waals surface area contributed by atoms with E-state index in [4.69, 9.17) is 22.0 Å². The molecule has 1 aromatic rings. The fraction of sp³-hybridized carbons (Fsp3) is 0. The predicted molar refractivity (Wildman–Crippen MR) is 47.8 cm³/mol. The molecule has 0 heterocycles. The van der Waals surface area contributed by atoms with Gasteiger partial charge < -0.3 is 10.4 Å². The minimum atomic E-state index is -0.813. The number of hydrogen-bond donors (Lipinski definition) is 2. The Bertz CT molecular complexity index is 249. The monoisotopic (exact) mass is 167 g/mol. The largest absolute Gasteiger partial charge is 0.442 e. The van der Waals surface area contributed by atoms with Crippen LogP contribution in [0, 0.1) is 5.41 Å². The third-order valence-electron chi connectivity index (χ3n) is 1.37. The van der Waals surface area contributed by atoms with Crippen LogP contribution in [0.25, 0.3) is 0 Å². The quantitative estimate of drug-likeness (QED) is 0.495.